The van der Waals surface area contributed by atoms with Crippen LogP contribution in [0, 0.1) is 6.07 Å². The minimum absolute atomic E-state index is 0. The Kier molecular flexibility index (Phi) is 12.7. The van der Waals surface area contributed by atoms with E-state index < -0.39 is 0 Å². The normalized spacial score (nSPS) is 9.32. The number of amides is 2. The van der Waals surface area contributed by atoms with Gasteiger partial charge in [-0.25, -0.2) is 0 Å². The van der Waals surface area contributed by atoms with Crippen molar-refractivity contribution in [3.8, 4) is 0 Å². The summed E-state index contributed by atoms with van der Waals surface area (Å²) in [5.41, 5.74) is 3.28. The van der Waals surface area contributed by atoms with E-state index in [9.17, 15) is 9.59 Å². The second kappa shape index (κ2) is 13.3. The van der Waals surface area contributed by atoms with E-state index >= 15 is 0 Å². The van der Waals surface area contributed by atoms with Gasteiger partial charge in [0.05, 0.1) is 0 Å². The smallest absolute Gasteiger partial charge is 0.352 e. The van der Waals surface area contributed by atoms with Crippen LogP contribution in [-0.2, 0) is 16.1 Å². The number of rotatable bonds is 4. The molecule has 0 saturated heterocycles. The first kappa shape index (κ1) is 24.0. The maximum atomic E-state index is 10.7. The Morgan fingerprint density at radius 3 is 2.20 bits per heavy atom. The number of anilines is 1. The van der Waals surface area contributed by atoms with Gasteiger partial charge in [0.25, 0.3) is 0 Å². The zero-order chi connectivity index (χ0) is 17.9. The third-order valence-corrected chi connectivity index (χ3v) is 3.20. The number of nitrogens with one attached hydrogen (secondary N) is 2. The standard InChI is InChI=1S/C12H17NO.C8H8NO.K/c1-9(2)12-6-4-5-11(7-12)8-13-10(3)14;1-7(10)9-8-5-3-2-4-6-8;/h4-7,9H,8H2,1-3H3,(H,13,14);3-6H,1H3,(H,9,10);/q;-1;+1. The molecule has 0 heterocycles. The predicted molar refractivity (Wildman–Crippen MR) is 97.6 cm³/mol. The van der Waals surface area contributed by atoms with Crippen molar-refractivity contribution in [2.24, 2.45) is 0 Å². The molecule has 0 aromatic heterocycles. The first-order valence-electron chi connectivity index (χ1n) is 7.95. The van der Waals surface area contributed by atoms with E-state index in [1.54, 1.807) is 24.3 Å². The third kappa shape index (κ3) is 11.3. The van der Waals surface area contributed by atoms with Crippen molar-refractivity contribution in [1.29, 1.82) is 0 Å². The van der Waals surface area contributed by atoms with Gasteiger partial charge in [0.1, 0.15) is 0 Å². The minimum atomic E-state index is -0.0498. The zero-order valence-corrected chi connectivity index (χ0v) is 18.8. The Balaban J connectivity index is 0.000000465. The third-order valence-electron chi connectivity index (χ3n) is 3.20. The molecule has 0 spiro atoms. The number of carbonyl (C=O) groups is 2. The van der Waals surface area contributed by atoms with Gasteiger partial charge in [-0.1, -0.05) is 43.8 Å². The van der Waals surface area contributed by atoms with E-state index in [0.29, 0.717) is 12.5 Å². The minimum Gasteiger partial charge on any atom is -0.352 e. The Hall–Kier alpha value is -0.984. The fourth-order valence-electron chi connectivity index (χ4n) is 1.96. The summed E-state index contributed by atoms with van der Waals surface area (Å²) >= 11 is 0. The topological polar surface area (TPSA) is 58.2 Å². The van der Waals surface area contributed by atoms with Crippen LogP contribution in [0.5, 0.6) is 0 Å². The van der Waals surface area contributed by atoms with Crippen LogP contribution in [-0.4, -0.2) is 11.8 Å². The van der Waals surface area contributed by atoms with Gasteiger partial charge in [-0.15, -0.1) is 12.1 Å². The van der Waals surface area contributed by atoms with Crippen LogP contribution in [0.3, 0.4) is 0 Å². The zero-order valence-electron chi connectivity index (χ0n) is 15.7. The molecule has 0 aliphatic heterocycles. The second-order valence-corrected chi connectivity index (χ2v) is 5.78. The van der Waals surface area contributed by atoms with Crippen molar-refractivity contribution >= 4 is 17.5 Å². The van der Waals surface area contributed by atoms with E-state index in [2.05, 4.69) is 42.7 Å². The van der Waals surface area contributed by atoms with Crippen LogP contribution in [0.25, 0.3) is 0 Å². The molecule has 128 valence electrons. The molecule has 0 fully saturated rings. The summed E-state index contributed by atoms with van der Waals surface area (Å²) in [6.07, 6.45) is 0. The molecule has 0 atom stereocenters. The molecule has 0 radical (unpaired) electrons. The molecule has 0 aliphatic rings. The summed E-state index contributed by atoms with van der Waals surface area (Å²) in [5.74, 6) is 0.499. The summed E-state index contributed by atoms with van der Waals surface area (Å²) in [4.78, 5) is 21.2. The van der Waals surface area contributed by atoms with E-state index in [1.165, 1.54) is 19.4 Å². The van der Waals surface area contributed by atoms with Crippen LogP contribution in [0.4, 0.5) is 5.69 Å². The van der Waals surface area contributed by atoms with Gasteiger partial charge in [-0.3, -0.25) is 9.59 Å². The molecule has 25 heavy (non-hydrogen) atoms. The number of hydrogen-bond acceptors (Lipinski definition) is 2. The molecule has 0 aliphatic carbocycles. The van der Waals surface area contributed by atoms with Gasteiger partial charge in [0, 0.05) is 20.4 Å². The largest absolute Gasteiger partial charge is 1.00 e. The Bertz CT molecular complexity index is 658. The molecule has 2 amide bonds. The molecule has 0 unspecified atom stereocenters. The van der Waals surface area contributed by atoms with E-state index in [-0.39, 0.29) is 63.2 Å². The molecular weight excluding hydrogens is 339 g/mol. The van der Waals surface area contributed by atoms with Crippen molar-refractivity contribution in [2.75, 3.05) is 5.32 Å². The SMILES string of the molecule is CC(=O)NCc1cccc(C(C)C)c1.CC(=O)Nc1cc[c-]cc1.[K+]. The van der Waals surface area contributed by atoms with Crippen molar-refractivity contribution in [3.63, 3.8) is 0 Å². The van der Waals surface area contributed by atoms with Crippen LogP contribution in [0.2, 0.25) is 0 Å². The Morgan fingerprint density at radius 2 is 1.68 bits per heavy atom. The number of hydrogen-bond donors (Lipinski definition) is 2. The molecule has 5 heteroatoms. The van der Waals surface area contributed by atoms with Gasteiger partial charge in [0.2, 0.25) is 11.8 Å². The molecule has 2 rings (SSSR count). The van der Waals surface area contributed by atoms with Crippen LogP contribution < -0.4 is 62.0 Å². The fraction of sp³-hybridized carbons (Fsp3) is 0.300. The maximum absolute atomic E-state index is 10.7. The van der Waals surface area contributed by atoms with Crippen LogP contribution in [0.1, 0.15) is 44.7 Å². The summed E-state index contributed by atoms with van der Waals surface area (Å²) in [6, 6.07) is 18.3. The van der Waals surface area contributed by atoms with E-state index in [4.69, 9.17) is 0 Å². The fourth-order valence-corrected chi connectivity index (χ4v) is 1.96. The average Bonchev–Trinajstić information content (AvgIpc) is 2.54. The molecule has 2 aromatic rings. The molecule has 0 saturated carbocycles. The summed E-state index contributed by atoms with van der Waals surface area (Å²) < 4.78 is 0. The van der Waals surface area contributed by atoms with Gasteiger partial charge < -0.3 is 10.6 Å². The molecular formula is C20H25KN2O2. The van der Waals surface area contributed by atoms with Gasteiger partial charge in [0.15, 0.2) is 0 Å². The van der Waals surface area contributed by atoms with Crippen molar-refractivity contribution in [3.05, 3.63) is 65.7 Å². The van der Waals surface area contributed by atoms with Crippen LogP contribution >= 0.6 is 0 Å². The molecule has 0 bridgehead atoms. The Labute approximate surface area is 193 Å². The number of carbonyl (C=O) groups excluding carboxylic acids is 2. The maximum Gasteiger partial charge on any atom is 1.00 e. The van der Waals surface area contributed by atoms with E-state index in [0.717, 1.165) is 11.3 Å². The summed E-state index contributed by atoms with van der Waals surface area (Å²) in [6.45, 7) is 7.97. The van der Waals surface area contributed by atoms with Crippen molar-refractivity contribution in [1.82, 2.24) is 5.32 Å². The monoisotopic (exact) mass is 364 g/mol. The Morgan fingerprint density at radius 1 is 1.04 bits per heavy atom. The quantitative estimate of drug-likeness (QED) is 0.625. The van der Waals surface area contributed by atoms with Gasteiger partial charge in [-0.2, -0.15) is 18.2 Å². The summed E-state index contributed by atoms with van der Waals surface area (Å²) in [7, 11) is 0. The summed E-state index contributed by atoms with van der Waals surface area (Å²) in [5, 5.41) is 5.43. The average molecular weight is 365 g/mol. The van der Waals surface area contributed by atoms with Gasteiger partial charge >= 0.3 is 51.4 Å². The predicted octanol–water partition coefficient (Wildman–Crippen LogP) is 0.895. The number of benzene rings is 2. The van der Waals surface area contributed by atoms with Crippen molar-refractivity contribution in [2.45, 2.75) is 40.2 Å². The first-order valence-corrected chi connectivity index (χ1v) is 7.95. The van der Waals surface area contributed by atoms with Crippen LogP contribution in [0.15, 0.2) is 48.5 Å². The molecule has 2 aromatic carbocycles. The molecule has 2 N–H and O–H groups in total. The van der Waals surface area contributed by atoms with E-state index in [1.807, 2.05) is 12.1 Å². The second-order valence-electron chi connectivity index (χ2n) is 5.78. The van der Waals surface area contributed by atoms with Crippen molar-refractivity contribution < 1.29 is 61.0 Å². The first-order chi connectivity index (χ1) is 11.4. The van der Waals surface area contributed by atoms with Gasteiger partial charge in [-0.05, 0) is 17.0 Å². The molecule has 4 nitrogen and oxygen atoms in total.